The largest absolute Gasteiger partial charge is 0.376 e. The topological polar surface area (TPSA) is 70.2 Å². The molecule has 2 amide bonds. The third kappa shape index (κ3) is 5.93. The number of hydrogen-bond donors (Lipinski definition) is 3. The van der Waals surface area contributed by atoms with E-state index in [0.29, 0.717) is 13.1 Å². The van der Waals surface area contributed by atoms with Gasteiger partial charge in [-0.25, -0.2) is 0 Å². The molecule has 3 N–H and O–H groups in total. The number of benzene rings is 1. The van der Waals surface area contributed by atoms with E-state index >= 15 is 0 Å². The van der Waals surface area contributed by atoms with E-state index in [0.717, 1.165) is 18.5 Å². The molecule has 110 valence electrons. The highest BCUT2D eigenvalue weighted by atomic mass is 35.5. The second-order valence-corrected chi connectivity index (χ2v) is 4.63. The smallest absolute Gasteiger partial charge is 0.239 e. The Bertz CT molecular complexity index is 435. The maximum atomic E-state index is 11.5. The number of carbonyl (C=O) groups excluding carboxylic acids is 2. The molecule has 1 fully saturated rings. The van der Waals surface area contributed by atoms with Gasteiger partial charge in [-0.2, -0.15) is 0 Å². The van der Waals surface area contributed by atoms with Crippen LogP contribution in [0.1, 0.15) is 12.8 Å². The molecule has 0 aromatic heterocycles. The van der Waals surface area contributed by atoms with Crippen molar-refractivity contribution in [3.05, 3.63) is 30.3 Å². The van der Waals surface area contributed by atoms with Gasteiger partial charge in [0.25, 0.3) is 0 Å². The van der Waals surface area contributed by atoms with Gasteiger partial charge in [0, 0.05) is 24.7 Å². The lowest BCUT2D eigenvalue weighted by atomic mass is 10.3. The quantitative estimate of drug-likeness (QED) is 0.662. The van der Waals surface area contributed by atoms with Crippen LogP contribution in [0.4, 0.5) is 5.69 Å². The van der Waals surface area contributed by atoms with Crippen LogP contribution in [0.2, 0.25) is 0 Å². The summed E-state index contributed by atoms with van der Waals surface area (Å²) in [4.78, 5) is 22.8. The van der Waals surface area contributed by atoms with Gasteiger partial charge in [-0.15, -0.1) is 12.4 Å². The minimum atomic E-state index is -0.0791. The summed E-state index contributed by atoms with van der Waals surface area (Å²) in [6.07, 6.45) is 2.00. The van der Waals surface area contributed by atoms with Crippen LogP contribution in [0.3, 0.4) is 0 Å². The molecule has 0 unspecified atom stereocenters. The van der Waals surface area contributed by atoms with Crippen LogP contribution in [0, 0.1) is 5.92 Å². The molecular formula is C14H20ClN3O2. The molecule has 1 saturated carbocycles. The SMILES string of the molecule is Cl.O=C(CNc1ccccc1)NCCNC(=O)C1CC1. The van der Waals surface area contributed by atoms with Crippen molar-refractivity contribution in [2.75, 3.05) is 25.0 Å². The molecule has 6 heteroatoms. The number of nitrogens with one attached hydrogen (secondary N) is 3. The maximum absolute atomic E-state index is 11.5. The fourth-order valence-corrected chi connectivity index (χ4v) is 1.68. The number of anilines is 1. The molecule has 0 bridgehead atoms. The molecule has 1 aliphatic carbocycles. The van der Waals surface area contributed by atoms with Gasteiger partial charge in [-0.1, -0.05) is 18.2 Å². The fourth-order valence-electron chi connectivity index (χ4n) is 1.68. The second-order valence-electron chi connectivity index (χ2n) is 4.63. The molecule has 0 saturated heterocycles. The van der Waals surface area contributed by atoms with Gasteiger partial charge in [-0.05, 0) is 25.0 Å². The molecule has 1 aliphatic rings. The summed E-state index contributed by atoms with van der Waals surface area (Å²) in [5.74, 6) is 0.247. The summed E-state index contributed by atoms with van der Waals surface area (Å²) in [5.41, 5.74) is 0.916. The van der Waals surface area contributed by atoms with Crippen LogP contribution < -0.4 is 16.0 Å². The van der Waals surface area contributed by atoms with Crippen molar-refractivity contribution in [1.82, 2.24) is 10.6 Å². The van der Waals surface area contributed by atoms with Crippen molar-refractivity contribution >= 4 is 29.9 Å². The standard InChI is InChI=1S/C14H19N3O2.ClH/c18-13(10-17-12-4-2-1-3-5-12)15-8-9-16-14(19)11-6-7-11;/h1-5,11,17H,6-10H2,(H,15,18)(H,16,19);1H. The first-order valence-corrected chi connectivity index (χ1v) is 6.59. The molecule has 0 spiro atoms. The molecule has 20 heavy (non-hydrogen) atoms. The molecule has 1 aromatic carbocycles. The summed E-state index contributed by atoms with van der Waals surface area (Å²) in [5, 5.41) is 8.57. The number of amides is 2. The van der Waals surface area contributed by atoms with E-state index < -0.39 is 0 Å². The zero-order chi connectivity index (χ0) is 13.5. The third-order valence-corrected chi connectivity index (χ3v) is 2.92. The Hall–Kier alpha value is -1.75. The normalized spacial score (nSPS) is 13.0. The zero-order valence-electron chi connectivity index (χ0n) is 11.2. The van der Waals surface area contributed by atoms with Crippen molar-refractivity contribution in [1.29, 1.82) is 0 Å². The van der Waals surface area contributed by atoms with E-state index in [9.17, 15) is 9.59 Å². The highest BCUT2D eigenvalue weighted by Crippen LogP contribution is 2.28. The Kier molecular flexibility index (Phi) is 6.87. The first kappa shape index (κ1) is 16.3. The summed E-state index contributed by atoms with van der Waals surface area (Å²) in [6, 6.07) is 9.56. The summed E-state index contributed by atoms with van der Waals surface area (Å²) in [6.45, 7) is 1.20. The van der Waals surface area contributed by atoms with Gasteiger partial charge in [0.1, 0.15) is 0 Å². The fraction of sp³-hybridized carbons (Fsp3) is 0.429. The minimum Gasteiger partial charge on any atom is -0.376 e. The molecule has 2 rings (SSSR count). The van der Waals surface area contributed by atoms with Crippen LogP contribution in [0.5, 0.6) is 0 Å². The molecule has 0 radical (unpaired) electrons. The van der Waals surface area contributed by atoms with E-state index in [1.807, 2.05) is 30.3 Å². The van der Waals surface area contributed by atoms with Crippen molar-refractivity contribution in [3.63, 3.8) is 0 Å². The van der Waals surface area contributed by atoms with Crippen LogP contribution in [0.15, 0.2) is 30.3 Å². The van der Waals surface area contributed by atoms with E-state index in [2.05, 4.69) is 16.0 Å². The van der Waals surface area contributed by atoms with E-state index in [-0.39, 0.29) is 36.7 Å². The lowest BCUT2D eigenvalue weighted by Crippen LogP contribution is -2.37. The number of para-hydroxylation sites is 1. The number of hydrogen-bond acceptors (Lipinski definition) is 3. The van der Waals surface area contributed by atoms with Crippen LogP contribution >= 0.6 is 12.4 Å². The first-order chi connectivity index (χ1) is 9.25. The average Bonchev–Trinajstić information content (AvgIpc) is 3.27. The number of rotatable bonds is 7. The Labute approximate surface area is 124 Å². The van der Waals surface area contributed by atoms with Crippen molar-refractivity contribution in [2.24, 2.45) is 5.92 Å². The molecule has 0 heterocycles. The molecule has 0 atom stereocenters. The Morgan fingerprint density at radius 1 is 1.05 bits per heavy atom. The van der Waals surface area contributed by atoms with Crippen molar-refractivity contribution in [2.45, 2.75) is 12.8 Å². The van der Waals surface area contributed by atoms with Crippen LogP contribution in [-0.2, 0) is 9.59 Å². The second kappa shape index (κ2) is 8.43. The number of halogens is 1. The van der Waals surface area contributed by atoms with Gasteiger partial charge < -0.3 is 16.0 Å². The first-order valence-electron chi connectivity index (χ1n) is 6.59. The van der Waals surface area contributed by atoms with Gasteiger partial charge >= 0.3 is 0 Å². The summed E-state index contributed by atoms with van der Waals surface area (Å²) < 4.78 is 0. The van der Waals surface area contributed by atoms with Gasteiger partial charge in [0.15, 0.2) is 0 Å². The molecule has 5 nitrogen and oxygen atoms in total. The predicted octanol–water partition coefficient (Wildman–Crippen LogP) is 1.16. The van der Waals surface area contributed by atoms with Gasteiger partial charge in [0.2, 0.25) is 11.8 Å². The minimum absolute atomic E-state index is 0. The molecule has 1 aromatic rings. The van der Waals surface area contributed by atoms with Crippen molar-refractivity contribution in [3.8, 4) is 0 Å². The van der Waals surface area contributed by atoms with Crippen LogP contribution in [0.25, 0.3) is 0 Å². The highest BCUT2D eigenvalue weighted by molar-refractivity contribution is 5.85. The summed E-state index contributed by atoms with van der Waals surface area (Å²) >= 11 is 0. The lowest BCUT2D eigenvalue weighted by molar-refractivity contribution is -0.123. The van der Waals surface area contributed by atoms with Crippen LogP contribution in [-0.4, -0.2) is 31.4 Å². The Morgan fingerprint density at radius 3 is 2.35 bits per heavy atom. The van der Waals surface area contributed by atoms with Gasteiger partial charge in [-0.3, -0.25) is 9.59 Å². The Morgan fingerprint density at radius 2 is 1.70 bits per heavy atom. The maximum Gasteiger partial charge on any atom is 0.239 e. The van der Waals surface area contributed by atoms with Crippen molar-refractivity contribution < 1.29 is 9.59 Å². The zero-order valence-corrected chi connectivity index (χ0v) is 12.0. The molecule has 0 aliphatic heterocycles. The highest BCUT2D eigenvalue weighted by Gasteiger charge is 2.28. The average molecular weight is 298 g/mol. The Balaban J connectivity index is 0.00000200. The monoisotopic (exact) mass is 297 g/mol. The third-order valence-electron chi connectivity index (χ3n) is 2.92. The lowest BCUT2D eigenvalue weighted by Gasteiger charge is -2.08. The van der Waals surface area contributed by atoms with E-state index in [4.69, 9.17) is 0 Å². The van der Waals surface area contributed by atoms with Gasteiger partial charge in [0.05, 0.1) is 6.54 Å². The summed E-state index contributed by atoms with van der Waals surface area (Å²) in [7, 11) is 0. The predicted molar refractivity (Wildman–Crippen MR) is 80.9 cm³/mol. The van der Waals surface area contributed by atoms with E-state index in [1.54, 1.807) is 0 Å². The number of carbonyl (C=O) groups is 2. The molecular weight excluding hydrogens is 278 g/mol. The van der Waals surface area contributed by atoms with E-state index in [1.165, 1.54) is 0 Å².